The first-order valence-electron chi connectivity index (χ1n) is 11.3. The smallest absolute Gasteiger partial charge is 0.341 e. The van der Waals surface area contributed by atoms with Crippen LogP contribution in [0.5, 0.6) is 5.75 Å². The van der Waals surface area contributed by atoms with Gasteiger partial charge in [0.05, 0.1) is 11.7 Å². The standard InChI is InChI=1S/C26H29NO5S/c1-15(2)31-26(29)22-19-10-5-6-11-21(19)33-25(22)27-24(28)20-13-12-18(32-20)14-30-23-16(3)8-7-9-17(23)4/h7-9,12-13,15H,5-6,10-11,14H2,1-4H3,(H,27,28). The lowest BCUT2D eigenvalue weighted by Crippen LogP contribution is -2.17. The van der Waals surface area contributed by atoms with E-state index in [1.165, 1.54) is 11.3 Å². The molecule has 1 aliphatic carbocycles. The molecule has 1 aliphatic rings. The number of ether oxygens (including phenoxy) is 2. The van der Waals surface area contributed by atoms with Gasteiger partial charge in [-0.05, 0) is 82.2 Å². The molecule has 0 saturated carbocycles. The Morgan fingerprint density at radius 1 is 1.09 bits per heavy atom. The fourth-order valence-electron chi connectivity index (χ4n) is 4.06. The third-order valence-electron chi connectivity index (χ3n) is 5.60. The van der Waals surface area contributed by atoms with Gasteiger partial charge in [0.25, 0.3) is 5.91 Å². The molecule has 0 fully saturated rings. The van der Waals surface area contributed by atoms with Crippen LogP contribution in [0.2, 0.25) is 0 Å². The monoisotopic (exact) mass is 467 g/mol. The van der Waals surface area contributed by atoms with E-state index in [-0.39, 0.29) is 24.4 Å². The van der Waals surface area contributed by atoms with E-state index in [0.717, 1.165) is 53.0 Å². The zero-order valence-corrected chi connectivity index (χ0v) is 20.3. The SMILES string of the molecule is Cc1cccc(C)c1OCc1ccc(C(=O)Nc2sc3c(c2C(=O)OC(C)C)CCCC3)o1. The molecule has 1 aromatic carbocycles. The third kappa shape index (κ3) is 5.14. The summed E-state index contributed by atoms with van der Waals surface area (Å²) < 4.78 is 17.1. The number of furan rings is 1. The van der Waals surface area contributed by atoms with Crippen LogP contribution in [0.4, 0.5) is 5.00 Å². The lowest BCUT2D eigenvalue weighted by molar-refractivity contribution is 0.0378. The Kier molecular flexibility index (Phi) is 6.88. The van der Waals surface area contributed by atoms with Gasteiger partial charge in [0.1, 0.15) is 23.1 Å². The number of hydrogen-bond donors (Lipinski definition) is 1. The topological polar surface area (TPSA) is 77.8 Å². The predicted octanol–water partition coefficient (Wildman–Crippen LogP) is 6.23. The highest BCUT2D eigenvalue weighted by molar-refractivity contribution is 7.17. The van der Waals surface area contributed by atoms with Crippen molar-refractivity contribution in [3.05, 3.63) is 69.0 Å². The molecular weight excluding hydrogens is 438 g/mol. The molecule has 6 nitrogen and oxygen atoms in total. The number of carbonyl (C=O) groups is 2. The molecule has 0 spiro atoms. The van der Waals surface area contributed by atoms with E-state index in [2.05, 4.69) is 5.32 Å². The average molecular weight is 468 g/mol. The molecule has 0 unspecified atom stereocenters. The zero-order valence-electron chi connectivity index (χ0n) is 19.4. The maximum atomic E-state index is 12.9. The van der Waals surface area contributed by atoms with Gasteiger partial charge in [0.15, 0.2) is 5.76 Å². The Labute approximate surface area is 197 Å². The molecule has 2 heterocycles. The number of esters is 1. The van der Waals surface area contributed by atoms with E-state index < -0.39 is 5.91 Å². The molecule has 0 bridgehead atoms. The van der Waals surface area contributed by atoms with Crippen molar-refractivity contribution in [2.24, 2.45) is 0 Å². The van der Waals surface area contributed by atoms with Gasteiger partial charge in [-0.2, -0.15) is 0 Å². The first-order valence-corrected chi connectivity index (χ1v) is 12.1. The maximum absolute atomic E-state index is 12.9. The molecule has 7 heteroatoms. The van der Waals surface area contributed by atoms with Crippen LogP contribution in [0, 0.1) is 13.8 Å². The summed E-state index contributed by atoms with van der Waals surface area (Å²) in [5.74, 6) is 0.752. The second kappa shape index (κ2) is 9.83. The van der Waals surface area contributed by atoms with Gasteiger partial charge in [0.2, 0.25) is 0 Å². The van der Waals surface area contributed by atoms with Crippen LogP contribution < -0.4 is 10.1 Å². The fraction of sp³-hybridized carbons (Fsp3) is 0.385. The lowest BCUT2D eigenvalue weighted by atomic mass is 9.95. The molecule has 0 radical (unpaired) electrons. The minimum atomic E-state index is -0.398. The summed E-state index contributed by atoms with van der Waals surface area (Å²) in [6, 6.07) is 9.33. The molecule has 0 aliphatic heterocycles. The second-order valence-electron chi connectivity index (χ2n) is 8.60. The number of anilines is 1. The van der Waals surface area contributed by atoms with Crippen LogP contribution in [-0.4, -0.2) is 18.0 Å². The van der Waals surface area contributed by atoms with Crippen LogP contribution in [0.25, 0.3) is 0 Å². The molecule has 4 rings (SSSR count). The van der Waals surface area contributed by atoms with E-state index in [1.807, 2.05) is 45.9 Å². The number of thiophene rings is 1. The van der Waals surface area contributed by atoms with Crippen LogP contribution in [-0.2, 0) is 24.2 Å². The van der Waals surface area contributed by atoms with Crippen molar-refractivity contribution in [2.75, 3.05) is 5.32 Å². The van der Waals surface area contributed by atoms with E-state index in [4.69, 9.17) is 13.9 Å². The molecular formula is C26H29NO5S. The summed E-state index contributed by atoms with van der Waals surface area (Å²) in [5.41, 5.74) is 3.58. The maximum Gasteiger partial charge on any atom is 0.341 e. The summed E-state index contributed by atoms with van der Waals surface area (Å²) >= 11 is 1.46. The van der Waals surface area contributed by atoms with E-state index in [1.54, 1.807) is 12.1 Å². The highest BCUT2D eigenvalue weighted by atomic mass is 32.1. The number of benzene rings is 1. The van der Waals surface area contributed by atoms with Gasteiger partial charge in [-0.25, -0.2) is 4.79 Å². The molecule has 174 valence electrons. The fourth-order valence-corrected chi connectivity index (χ4v) is 5.33. The number of rotatable bonds is 7. The molecule has 3 aromatic rings. The summed E-state index contributed by atoms with van der Waals surface area (Å²) in [6.45, 7) is 7.84. The van der Waals surface area contributed by atoms with Gasteiger partial charge >= 0.3 is 5.97 Å². The predicted molar refractivity (Wildman–Crippen MR) is 128 cm³/mol. The number of nitrogens with one attached hydrogen (secondary N) is 1. The summed E-state index contributed by atoms with van der Waals surface area (Å²) in [5, 5.41) is 3.42. The summed E-state index contributed by atoms with van der Waals surface area (Å²) in [6.07, 6.45) is 3.62. The molecule has 2 aromatic heterocycles. The number of hydrogen-bond acceptors (Lipinski definition) is 6. The molecule has 1 N–H and O–H groups in total. The number of amides is 1. The van der Waals surface area contributed by atoms with Gasteiger partial charge in [-0.15, -0.1) is 11.3 Å². The van der Waals surface area contributed by atoms with Gasteiger partial charge in [-0.1, -0.05) is 18.2 Å². The Bertz CT molecular complexity index is 1150. The third-order valence-corrected chi connectivity index (χ3v) is 6.81. The minimum Gasteiger partial charge on any atom is -0.485 e. The van der Waals surface area contributed by atoms with Gasteiger partial charge < -0.3 is 19.2 Å². The quantitative estimate of drug-likeness (QED) is 0.417. The summed E-state index contributed by atoms with van der Waals surface area (Å²) in [4.78, 5) is 26.9. The van der Waals surface area contributed by atoms with Crippen LogP contribution >= 0.6 is 11.3 Å². The number of para-hydroxylation sites is 1. The largest absolute Gasteiger partial charge is 0.485 e. The van der Waals surface area contributed by atoms with E-state index in [9.17, 15) is 9.59 Å². The molecule has 33 heavy (non-hydrogen) atoms. The van der Waals surface area contributed by atoms with Crippen molar-refractivity contribution in [1.82, 2.24) is 0 Å². The highest BCUT2D eigenvalue weighted by Gasteiger charge is 2.28. The van der Waals surface area contributed by atoms with E-state index >= 15 is 0 Å². The van der Waals surface area contributed by atoms with Crippen LogP contribution in [0.1, 0.15) is 74.9 Å². The number of carbonyl (C=O) groups excluding carboxylic acids is 2. The lowest BCUT2D eigenvalue weighted by Gasteiger charge is -2.14. The average Bonchev–Trinajstić information content (AvgIpc) is 3.37. The van der Waals surface area contributed by atoms with Crippen molar-refractivity contribution in [3.8, 4) is 5.75 Å². The first-order chi connectivity index (χ1) is 15.8. The number of fused-ring (bicyclic) bond motifs is 1. The zero-order chi connectivity index (χ0) is 23.5. The molecule has 0 saturated heterocycles. The Balaban J connectivity index is 1.49. The Morgan fingerprint density at radius 2 is 1.82 bits per heavy atom. The van der Waals surface area contributed by atoms with Crippen molar-refractivity contribution < 1.29 is 23.5 Å². The van der Waals surface area contributed by atoms with Crippen molar-refractivity contribution in [2.45, 2.75) is 66.1 Å². The van der Waals surface area contributed by atoms with Crippen molar-refractivity contribution in [3.63, 3.8) is 0 Å². The Hall–Kier alpha value is -3.06. The summed E-state index contributed by atoms with van der Waals surface area (Å²) in [7, 11) is 0. The second-order valence-corrected chi connectivity index (χ2v) is 9.70. The number of aryl methyl sites for hydroxylation is 3. The minimum absolute atomic E-state index is 0.171. The normalized spacial score (nSPS) is 13.0. The molecule has 1 amide bonds. The van der Waals surface area contributed by atoms with Crippen molar-refractivity contribution >= 4 is 28.2 Å². The van der Waals surface area contributed by atoms with Gasteiger partial charge in [0, 0.05) is 4.88 Å². The Morgan fingerprint density at radius 3 is 2.55 bits per heavy atom. The van der Waals surface area contributed by atoms with Crippen molar-refractivity contribution in [1.29, 1.82) is 0 Å². The van der Waals surface area contributed by atoms with E-state index in [0.29, 0.717) is 16.3 Å². The van der Waals surface area contributed by atoms with Crippen LogP contribution in [0.3, 0.4) is 0 Å². The van der Waals surface area contributed by atoms with Gasteiger partial charge in [-0.3, -0.25) is 4.79 Å². The first kappa shape index (κ1) is 23.1. The molecule has 0 atom stereocenters. The van der Waals surface area contributed by atoms with Crippen LogP contribution in [0.15, 0.2) is 34.7 Å². The highest BCUT2D eigenvalue weighted by Crippen LogP contribution is 2.39.